The van der Waals surface area contributed by atoms with Gasteiger partial charge in [-0.2, -0.15) is 0 Å². The molecule has 2 heterocycles. The van der Waals surface area contributed by atoms with E-state index in [1.165, 1.54) is 0 Å². The second-order valence-corrected chi connectivity index (χ2v) is 6.25. The van der Waals surface area contributed by atoms with Crippen LogP contribution in [0.3, 0.4) is 0 Å². The Balaban J connectivity index is 2.15. The number of rotatable bonds is 3. The van der Waals surface area contributed by atoms with Crippen molar-refractivity contribution in [3.05, 3.63) is 22.4 Å². The topological polar surface area (TPSA) is 25.2 Å². The van der Waals surface area contributed by atoms with Crippen LogP contribution >= 0.6 is 15.9 Å². The van der Waals surface area contributed by atoms with E-state index in [4.69, 9.17) is 0 Å². The summed E-state index contributed by atoms with van der Waals surface area (Å²) < 4.78 is 2.86. The molecule has 1 aromatic heterocycles. The molecule has 3 nitrogen and oxygen atoms in total. The molecule has 0 bridgehead atoms. The quantitative estimate of drug-likeness (QED) is 0.839. The van der Waals surface area contributed by atoms with Crippen LogP contribution in [0.15, 0.2) is 16.7 Å². The van der Waals surface area contributed by atoms with Gasteiger partial charge in [-0.3, -0.25) is 4.79 Å². The molecule has 0 radical (unpaired) electrons. The summed E-state index contributed by atoms with van der Waals surface area (Å²) in [6, 6.07) is 1.90. The number of likely N-dealkylation sites (tertiary alicyclic amines) is 1. The van der Waals surface area contributed by atoms with Crippen molar-refractivity contribution in [2.45, 2.75) is 33.1 Å². The highest BCUT2D eigenvalue weighted by atomic mass is 79.9. The molecule has 0 spiro atoms. The second kappa shape index (κ2) is 5.08. The molecule has 0 saturated carbocycles. The summed E-state index contributed by atoms with van der Waals surface area (Å²) in [5.74, 6) is 0.159. The molecule has 1 saturated heterocycles. The van der Waals surface area contributed by atoms with Crippen molar-refractivity contribution < 1.29 is 4.79 Å². The fraction of sp³-hybridized carbons (Fsp3) is 0.643. The van der Waals surface area contributed by atoms with Gasteiger partial charge in [-0.1, -0.05) is 13.8 Å². The second-order valence-electron chi connectivity index (χ2n) is 5.34. The summed E-state index contributed by atoms with van der Waals surface area (Å²) in [6.45, 7) is 6.26. The first-order valence-corrected chi connectivity index (χ1v) is 7.42. The zero-order chi connectivity index (χ0) is 13.3. The summed E-state index contributed by atoms with van der Waals surface area (Å²) in [6.07, 6.45) is 5.38. The van der Waals surface area contributed by atoms with E-state index in [9.17, 15) is 4.79 Å². The van der Waals surface area contributed by atoms with Gasteiger partial charge in [-0.05, 0) is 46.7 Å². The number of halogens is 1. The van der Waals surface area contributed by atoms with Crippen LogP contribution in [0, 0.1) is 5.41 Å². The Labute approximate surface area is 117 Å². The zero-order valence-electron chi connectivity index (χ0n) is 11.4. The van der Waals surface area contributed by atoms with Gasteiger partial charge in [0.2, 0.25) is 0 Å². The lowest BCUT2D eigenvalue weighted by Crippen LogP contribution is -2.32. The molecule has 0 aromatic carbocycles. The lowest BCUT2D eigenvalue weighted by atomic mass is 9.82. The van der Waals surface area contributed by atoms with E-state index in [1.807, 2.05) is 28.8 Å². The predicted octanol–water partition coefficient (Wildman–Crippen LogP) is 3.44. The minimum atomic E-state index is 0.159. The Morgan fingerprint density at radius 2 is 2.11 bits per heavy atom. The Morgan fingerprint density at radius 3 is 2.56 bits per heavy atom. The molecule has 0 atom stereocenters. The van der Waals surface area contributed by atoms with Crippen LogP contribution in [-0.4, -0.2) is 28.5 Å². The fourth-order valence-corrected chi connectivity index (χ4v) is 3.36. The maximum atomic E-state index is 12.5. The third-order valence-corrected chi connectivity index (χ3v) is 4.85. The first-order chi connectivity index (χ1) is 8.51. The SMILES string of the molecule is CCC1(CC)CCN(C(=O)c2cc(Br)cn2C)C1. The highest BCUT2D eigenvalue weighted by molar-refractivity contribution is 9.10. The Bertz CT molecular complexity index is 449. The standard InChI is InChI=1S/C14H21BrN2O/c1-4-14(5-2)6-7-17(10-14)13(18)12-8-11(15)9-16(12)3/h8-9H,4-7,10H2,1-3H3. The van der Waals surface area contributed by atoms with Crippen molar-refractivity contribution >= 4 is 21.8 Å². The van der Waals surface area contributed by atoms with Crippen molar-refractivity contribution in [3.63, 3.8) is 0 Å². The summed E-state index contributed by atoms with van der Waals surface area (Å²) in [5.41, 5.74) is 1.11. The van der Waals surface area contributed by atoms with Gasteiger partial charge >= 0.3 is 0 Å². The van der Waals surface area contributed by atoms with Crippen molar-refractivity contribution in [3.8, 4) is 0 Å². The van der Waals surface area contributed by atoms with E-state index in [-0.39, 0.29) is 5.91 Å². The van der Waals surface area contributed by atoms with Crippen molar-refractivity contribution in [1.29, 1.82) is 0 Å². The number of nitrogens with zero attached hydrogens (tertiary/aromatic N) is 2. The third kappa shape index (κ3) is 2.35. The maximum Gasteiger partial charge on any atom is 0.270 e. The number of carbonyl (C=O) groups excluding carboxylic acids is 1. The van der Waals surface area contributed by atoms with Gasteiger partial charge in [-0.25, -0.2) is 0 Å². The van der Waals surface area contributed by atoms with E-state index < -0.39 is 0 Å². The number of amides is 1. The highest BCUT2D eigenvalue weighted by Crippen LogP contribution is 2.37. The average molecular weight is 313 g/mol. The van der Waals surface area contributed by atoms with E-state index in [1.54, 1.807) is 0 Å². The molecule has 0 N–H and O–H groups in total. The van der Waals surface area contributed by atoms with E-state index in [0.717, 1.165) is 42.5 Å². The Kier molecular flexibility index (Phi) is 3.85. The van der Waals surface area contributed by atoms with Crippen LogP contribution in [0.5, 0.6) is 0 Å². The number of hydrogen-bond donors (Lipinski definition) is 0. The molecular weight excluding hydrogens is 292 g/mol. The predicted molar refractivity (Wildman–Crippen MR) is 76.6 cm³/mol. The van der Waals surface area contributed by atoms with Gasteiger partial charge in [-0.15, -0.1) is 0 Å². The Hall–Kier alpha value is -0.770. The van der Waals surface area contributed by atoms with Crippen LogP contribution in [0.2, 0.25) is 0 Å². The monoisotopic (exact) mass is 312 g/mol. The minimum Gasteiger partial charge on any atom is -0.345 e. The van der Waals surface area contributed by atoms with Gasteiger partial charge < -0.3 is 9.47 Å². The molecule has 1 amide bonds. The number of hydrogen-bond acceptors (Lipinski definition) is 1. The first kappa shape index (κ1) is 13.7. The lowest BCUT2D eigenvalue weighted by Gasteiger charge is -2.26. The van der Waals surface area contributed by atoms with Crippen LogP contribution in [0.25, 0.3) is 0 Å². The van der Waals surface area contributed by atoms with Crippen molar-refractivity contribution in [1.82, 2.24) is 9.47 Å². The highest BCUT2D eigenvalue weighted by Gasteiger charge is 2.37. The van der Waals surface area contributed by atoms with Crippen LogP contribution < -0.4 is 0 Å². The molecule has 1 aliphatic heterocycles. The Morgan fingerprint density at radius 1 is 1.44 bits per heavy atom. The molecule has 0 aliphatic carbocycles. The molecule has 1 aliphatic rings. The molecule has 4 heteroatoms. The minimum absolute atomic E-state index is 0.159. The van der Waals surface area contributed by atoms with Gasteiger partial charge in [0.05, 0.1) is 0 Å². The normalized spacial score (nSPS) is 18.3. The first-order valence-electron chi connectivity index (χ1n) is 6.62. The summed E-state index contributed by atoms with van der Waals surface area (Å²) in [4.78, 5) is 14.5. The third-order valence-electron chi connectivity index (χ3n) is 4.42. The van der Waals surface area contributed by atoms with E-state index in [2.05, 4.69) is 29.8 Å². The van der Waals surface area contributed by atoms with Gasteiger partial charge in [0.1, 0.15) is 5.69 Å². The maximum absolute atomic E-state index is 12.5. The van der Waals surface area contributed by atoms with Gasteiger partial charge in [0.15, 0.2) is 0 Å². The molecule has 1 fully saturated rings. The average Bonchev–Trinajstić information content (AvgIpc) is 2.93. The molecule has 0 unspecified atom stereocenters. The number of carbonyl (C=O) groups is 1. The summed E-state index contributed by atoms with van der Waals surface area (Å²) >= 11 is 3.42. The smallest absolute Gasteiger partial charge is 0.270 e. The summed E-state index contributed by atoms with van der Waals surface area (Å²) in [7, 11) is 1.92. The van der Waals surface area contributed by atoms with Crippen LogP contribution in [0.1, 0.15) is 43.6 Å². The zero-order valence-corrected chi connectivity index (χ0v) is 13.0. The van der Waals surface area contributed by atoms with Crippen molar-refractivity contribution in [2.24, 2.45) is 12.5 Å². The molecular formula is C14H21BrN2O. The van der Waals surface area contributed by atoms with Crippen LogP contribution in [0.4, 0.5) is 0 Å². The van der Waals surface area contributed by atoms with E-state index >= 15 is 0 Å². The van der Waals surface area contributed by atoms with Crippen LogP contribution in [-0.2, 0) is 7.05 Å². The number of aromatic nitrogens is 1. The lowest BCUT2D eigenvalue weighted by molar-refractivity contribution is 0.0760. The van der Waals surface area contributed by atoms with Gasteiger partial charge in [0.25, 0.3) is 5.91 Å². The largest absolute Gasteiger partial charge is 0.345 e. The number of aryl methyl sites for hydroxylation is 1. The summed E-state index contributed by atoms with van der Waals surface area (Å²) in [5, 5.41) is 0. The molecule has 18 heavy (non-hydrogen) atoms. The molecule has 2 rings (SSSR count). The fourth-order valence-electron chi connectivity index (χ4n) is 2.83. The molecule has 100 valence electrons. The van der Waals surface area contributed by atoms with Gasteiger partial charge in [0, 0.05) is 30.8 Å². The molecule has 1 aromatic rings. The van der Waals surface area contributed by atoms with E-state index in [0.29, 0.717) is 5.41 Å². The van der Waals surface area contributed by atoms with Crippen molar-refractivity contribution in [2.75, 3.05) is 13.1 Å².